The Morgan fingerprint density at radius 1 is 1.36 bits per heavy atom. The van der Waals surface area contributed by atoms with E-state index in [1.54, 1.807) is 29.1 Å². The summed E-state index contributed by atoms with van der Waals surface area (Å²) >= 11 is 2.30. The van der Waals surface area contributed by atoms with Gasteiger partial charge in [0.1, 0.15) is 22.8 Å². The van der Waals surface area contributed by atoms with Crippen LogP contribution in [0.3, 0.4) is 0 Å². The van der Waals surface area contributed by atoms with Crippen LogP contribution in [-0.2, 0) is 35.4 Å². The summed E-state index contributed by atoms with van der Waals surface area (Å²) in [5, 5.41) is 24.2. The van der Waals surface area contributed by atoms with Crippen molar-refractivity contribution in [3.8, 4) is 12.3 Å². The smallest absolute Gasteiger partial charge is 0.276 e. The van der Waals surface area contributed by atoms with E-state index in [4.69, 9.17) is 11.3 Å². The fourth-order valence-corrected chi connectivity index (χ4v) is 5.82. The van der Waals surface area contributed by atoms with Gasteiger partial charge in [-0.2, -0.15) is 4.57 Å². The van der Waals surface area contributed by atoms with E-state index in [9.17, 15) is 29.1 Å². The van der Waals surface area contributed by atoms with Crippen LogP contribution < -0.4 is 25.6 Å². The monoisotopic (exact) mass is 569 g/mol. The molecule has 1 saturated heterocycles. The number of fused-ring (bicyclic) bond motifs is 1. The van der Waals surface area contributed by atoms with Crippen LogP contribution in [0.15, 0.2) is 46.3 Å². The van der Waals surface area contributed by atoms with Gasteiger partial charge >= 0.3 is 0 Å². The lowest BCUT2D eigenvalue weighted by Crippen LogP contribution is -2.71. The van der Waals surface area contributed by atoms with Gasteiger partial charge in [-0.25, -0.2) is 4.98 Å². The number of thioether (sulfide) groups is 1. The Morgan fingerprint density at radius 2 is 2.15 bits per heavy atom. The van der Waals surface area contributed by atoms with Gasteiger partial charge < -0.3 is 30.7 Å². The first-order valence-electron chi connectivity index (χ1n) is 11.1. The summed E-state index contributed by atoms with van der Waals surface area (Å²) in [4.78, 5) is 69.7. The van der Waals surface area contributed by atoms with Crippen molar-refractivity contribution in [2.24, 2.45) is 5.16 Å². The fourth-order valence-electron chi connectivity index (χ4n) is 3.83. The minimum absolute atomic E-state index is 0.0692. The average molecular weight is 570 g/mol. The van der Waals surface area contributed by atoms with Crippen LogP contribution >= 0.6 is 23.1 Å². The van der Waals surface area contributed by atoms with Crippen molar-refractivity contribution >= 4 is 70.2 Å². The van der Waals surface area contributed by atoms with Gasteiger partial charge in [-0.3, -0.25) is 24.1 Å². The number of hydrogen-bond donors (Lipinski definition) is 3. The second kappa shape index (κ2) is 12.2. The molecule has 1 fully saturated rings. The molecular weight excluding hydrogens is 550 g/mol. The average Bonchev–Trinajstić information content (AvgIpc) is 3.38. The first-order valence-corrected chi connectivity index (χ1v) is 13.0. The molecule has 14 nitrogen and oxygen atoms in total. The Morgan fingerprint density at radius 3 is 2.87 bits per heavy atom. The molecule has 1 unspecified atom stereocenters. The van der Waals surface area contributed by atoms with Crippen LogP contribution in [0.5, 0.6) is 0 Å². The van der Waals surface area contributed by atoms with Crippen molar-refractivity contribution in [2.45, 2.75) is 18.0 Å². The van der Waals surface area contributed by atoms with Gasteiger partial charge in [0, 0.05) is 22.8 Å². The van der Waals surface area contributed by atoms with Crippen LogP contribution in [0, 0.1) is 12.3 Å². The number of amides is 4. The molecular formula is C23H19N7O7S2. The maximum atomic E-state index is 13.1. The summed E-state index contributed by atoms with van der Waals surface area (Å²) in [5.74, 6) is -0.548. The standard InChI is InChI=1S/C23H19N7O7S2/c1-2-6-37-28-16(15-10-39-23(26-15)25-12-32)19(33)27-17-20(34)30-18(22(35)36)13(9-38-21(17)30)7-29-5-3-4-14(8-29)24-11-31/h1,3-5,8,10-12,17,21H,6-7,9H2,(H3-,24,25,26,27,31,32,33,35,36)/t17?,21-/m0/s1. The molecule has 4 heterocycles. The number of carbonyl (C=O) groups is 5. The summed E-state index contributed by atoms with van der Waals surface area (Å²) in [5.41, 5.74) is 0.435. The molecule has 2 aromatic heterocycles. The number of aliphatic carboxylic acids is 1. The number of nitrogens with one attached hydrogen (secondary N) is 3. The van der Waals surface area contributed by atoms with E-state index in [1.807, 2.05) is 0 Å². The Hall–Kier alpha value is -4.75. The van der Waals surface area contributed by atoms with Crippen molar-refractivity contribution in [1.82, 2.24) is 15.2 Å². The lowest BCUT2D eigenvalue weighted by atomic mass is 10.0. The minimum Gasteiger partial charge on any atom is -0.543 e. The van der Waals surface area contributed by atoms with Gasteiger partial charge in [-0.05, 0) is 6.07 Å². The number of pyridine rings is 1. The largest absolute Gasteiger partial charge is 0.543 e. The van der Waals surface area contributed by atoms with E-state index < -0.39 is 29.2 Å². The van der Waals surface area contributed by atoms with Gasteiger partial charge in [0.2, 0.25) is 12.8 Å². The first-order chi connectivity index (χ1) is 18.9. The van der Waals surface area contributed by atoms with Crippen molar-refractivity contribution in [3.05, 3.63) is 46.9 Å². The molecule has 0 spiro atoms. The van der Waals surface area contributed by atoms with Gasteiger partial charge in [0.25, 0.3) is 11.8 Å². The zero-order chi connectivity index (χ0) is 27.9. The molecule has 0 saturated carbocycles. The summed E-state index contributed by atoms with van der Waals surface area (Å²) < 4.78 is 1.66. The molecule has 0 radical (unpaired) electrons. The third-order valence-corrected chi connectivity index (χ3v) is 7.55. The summed E-state index contributed by atoms with van der Waals surface area (Å²) in [6.45, 7) is -0.105. The Bertz CT molecular complexity index is 1430. The predicted molar refractivity (Wildman–Crippen MR) is 137 cm³/mol. The number of carboxylic acid groups (broad SMARTS) is 1. The summed E-state index contributed by atoms with van der Waals surface area (Å²) in [7, 11) is 0. The molecule has 2 aliphatic rings. The number of β-lactam (4-membered cyclic amide) rings is 1. The molecule has 2 aromatic rings. The number of hydrogen-bond acceptors (Lipinski definition) is 11. The first kappa shape index (κ1) is 27.3. The van der Waals surface area contributed by atoms with Crippen molar-refractivity contribution in [1.29, 1.82) is 0 Å². The number of nitrogens with zero attached hydrogens (tertiary/aromatic N) is 4. The van der Waals surface area contributed by atoms with Gasteiger partial charge in [-0.15, -0.1) is 29.5 Å². The van der Waals surface area contributed by atoms with Crippen molar-refractivity contribution in [2.75, 3.05) is 23.0 Å². The molecule has 2 aliphatic heterocycles. The van der Waals surface area contributed by atoms with Crippen LogP contribution in [0.1, 0.15) is 5.69 Å². The van der Waals surface area contributed by atoms with E-state index >= 15 is 0 Å². The number of carboxylic acids is 1. The maximum Gasteiger partial charge on any atom is 0.276 e. The number of carbonyl (C=O) groups excluding carboxylic acids is 5. The van der Waals surface area contributed by atoms with Crippen LogP contribution in [-0.4, -0.2) is 70.0 Å². The molecule has 3 N–H and O–H groups in total. The topological polar surface area (TPSA) is 186 Å². The maximum absolute atomic E-state index is 13.1. The molecule has 2 atom stereocenters. The van der Waals surface area contributed by atoms with Gasteiger partial charge in [-0.1, -0.05) is 11.1 Å². The molecule has 0 aromatic carbocycles. The lowest BCUT2D eigenvalue weighted by Gasteiger charge is -2.50. The van der Waals surface area contributed by atoms with Crippen LogP contribution in [0.4, 0.5) is 10.8 Å². The second-order valence-electron chi connectivity index (χ2n) is 7.85. The second-order valence-corrected chi connectivity index (χ2v) is 9.81. The van der Waals surface area contributed by atoms with Crippen LogP contribution in [0.2, 0.25) is 0 Å². The minimum atomic E-state index is -1.53. The quantitative estimate of drug-likeness (QED) is 0.0496. The highest BCUT2D eigenvalue weighted by molar-refractivity contribution is 8.00. The number of oxime groups is 1. The van der Waals surface area contributed by atoms with Gasteiger partial charge in [0.15, 0.2) is 36.4 Å². The van der Waals surface area contributed by atoms with E-state index in [-0.39, 0.29) is 41.1 Å². The fraction of sp³-hybridized carbons (Fsp3) is 0.217. The number of thiazole rings is 1. The third kappa shape index (κ3) is 5.89. The Balaban J connectivity index is 1.53. The Labute approximate surface area is 229 Å². The highest BCUT2D eigenvalue weighted by atomic mass is 32.2. The summed E-state index contributed by atoms with van der Waals surface area (Å²) in [6.07, 6.45) is 9.40. The number of rotatable bonds is 12. The normalized spacial score (nSPS) is 18.3. The number of anilines is 2. The van der Waals surface area contributed by atoms with Crippen molar-refractivity contribution in [3.63, 3.8) is 0 Å². The molecule has 0 bridgehead atoms. The highest BCUT2D eigenvalue weighted by Gasteiger charge is 2.53. The Kier molecular flexibility index (Phi) is 8.53. The van der Waals surface area contributed by atoms with E-state index in [1.165, 1.54) is 17.1 Å². The zero-order valence-electron chi connectivity index (χ0n) is 19.9. The van der Waals surface area contributed by atoms with Crippen LogP contribution in [0.25, 0.3) is 0 Å². The zero-order valence-corrected chi connectivity index (χ0v) is 21.5. The highest BCUT2D eigenvalue weighted by Crippen LogP contribution is 2.40. The molecule has 39 heavy (non-hydrogen) atoms. The molecule has 4 rings (SSSR count). The third-order valence-electron chi connectivity index (χ3n) is 5.43. The SMILES string of the molecule is C#CCON=C(C(=O)NC1C(=O)N2C(C(=O)[O-])=C(C[n+]3cccc(NC=O)c3)CS[C@@H]12)c1csc(NC=O)n1. The number of terminal acetylenes is 1. The number of aromatic nitrogens is 2. The van der Waals surface area contributed by atoms with E-state index in [0.29, 0.717) is 24.1 Å². The van der Waals surface area contributed by atoms with E-state index in [2.05, 4.69) is 32.0 Å². The molecule has 0 aliphatic carbocycles. The van der Waals surface area contributed by atoms with Gasteiger partial charge in [0.05, 0.1) is 11.7 Å². The summed E-state index contributed by atoms with van der Waals surface area (Å²) in [6, 6.07) is 2.28. The van der Waals surface area contributed by atoms with Crippen molar-refractivity contribution < 1.29 is 38.5 Å². The molecule has 200 valence electrons. The predicted octanol–water partition coefficient (Wildman–Crippen LogP) is -1.97. The molecule has 4 amide bonds. The molecule has 16 heteroatoms. The van der Waals surface area contributed by atoms with E-state index in [0.717, 1.165) is 16.2 Å². The lowest BCUT2D eigenvalue weighted by molar-refractivity contribution is -0.688.